The molecule has 0 aromatic heterocycles. The number of ether oxygens (including phenoxy) is 3. The van der Waals surface area contributed by atoms with Crippen molar-refractivity contribution in [3.8, 4) is 0 Å². The van der Waals surface area contributed by atoms with Crippen molar-refractivity contribution in [1.82, 2.24) is 0 Å². The fraction of sp³-hybridized carbons (Fsp3) is 0.316. The summed E-state index contributed by atoms with van der Waals surface area (Å²) in [6.07, 6.45) is 6.12. The molecular formula is C19H18O4. The molecule has 3 atom stereocenters. The van der Waals surface area contributed by atoms with Gasteiger partial charge in [-0.05, 0) is 17.7 Å². The molecule has 4 heteroatoms. The van der Waals surface area contributed by atoms with E-state index < -0.39 is 5.41 Å². The Balaban J connectivity index is 1.87. The summed E-state index contributed by atoms with van der Waals surface area (Å²) >= 11 is 0. The van der Waals surface area contributed by atoms with Crippen molar-refractivity contribution in [2.75, 3.05) is 20.8 Å². The number of rotatable bonds is 3. The maximum Gasteiger partial charge on any atom is 0.334 e. The van der Waals surface area contributed by atoms with Gasteiger partial charge < -0.3 is 14.2 Å². The summed E-state index contributed by atoms with van der Waals surface area (Å²) in [5.41, 5.74) is 1.47. The second-order valence-corrected chi connectivity index (χ2v) is 6.11. The van der Waals surface area contributed by atoms with Crippen LogP contribution in [-0.2, 0) is 19.0 Å². The zero-order valence-electron chi connectivity index (χ0n) is 13.1. The highest BCUT2D eigenvalue weighted by Crippen LogP contribution is 2.58. The minimum Gasteiger partial charge on any atom is -0.493 e. The molecule has 23 heavy (non-hydrogen) atoms. The highest BCUT2D eigenvalue weighted by atomic mass is 16.5. The van der Waals surface area contributed by atoms with Crippen molar-refractivity contribution in [1.29, 1.82) is 0 Å². The molecule has 0 amide bonds. The molecule has 1 aromatic carbocycles. The van der Waals surface area contributed by atoms with E-state index in [1.807, 2.05) is 30.4 Å². The Morgan fingerprint density at radius 1 is 1.09 bits per heavy atom. The Morgan fingerprint density at radius 3 is 2.52 bits per heavy atom. The third-order valence-corrected chi connectivity index (χ3v) is 5.08. The first kappa shape index (κ1) is 14.1. The number of carbonyl (C=O) groups excluding carboxylic acids is 1. The highest BCUT2D eigenvalue weighted by molar-refractivity contribution is 5.94. The van der Waals surface area contributed by atoms with Crippen LogP contribution in [0.3, 0.4) is 0 Å². The lowest BCUT2D eigenvalue weighted by molar-refractivity contribution is -0.135. The fourth-order valence-corrected chi connectivity index (χ4v) is 3.96. The Labute approximate surface area is 135 Å². The van der Waals surface area contributed by atoms with Crippen molar-refractivity contribution in [3.63, 3.8) is 0 Å². The number of benzene rings is 1. The van der Waals surface area contributed by atoms with Gasteiger partial charge in [0, 0.05) is 17.4 Å². The predicted octanol–water partition coefficient (Wildman–Crippen LogP) is 2.94. The van der Waals surface area contributed by atoms with Gasteiger partial charge in [0.2, 0.25) is 0 Å². The lowest BCUT2D eigenvalue weighted by atomic mass is 9.69. The molecule has 2 aliphatic carbocycles. The molecule has 0 saturated carbocycles. The van der Waals surface area contributed by atoms with Crippen LogP contribution in [-0.4, -0.2) is 26.8 Å². The minimum atomic E-state index is -0.453. The molecule has 1 aromatic rings. The summed E-state index contributed by atoms with van der Waals surface area (Å²) < 4.78 is 16.3. The first-order valence-corrected chi connectivity index (χ1v) is 7.67. The van der Waals surface area contributed by atoms with Crippen molar-refractivity contribution in [3.05, 3.63) is 71.2 Å². The van der Waals surface area contributed by atoms with Gasteiger partial charge >= 0.3 is 5.97 Å². The van der Waals surface area contributed by atoms with E-state index in [0.717, 1.165) is 5.57 Å². The van der Waals surface area contributed by atoms with Gasteiger partial charge in [0.1, 0.15) is 6.61 Å². The number of hydrogen-bond acceptors (Lipinski definition) is 4. The summed E-state index contributed by atoms with van der Waals surface area (Å²) in [5.74, 6) is 1.34. The van der Waals surface area contributed by atoms with Gasteiger partial charge in [0.05, 0.1) is 19.6 Å². The largest absolute Gasteiger partial charge is 0.493 e. The van der Waals surface area contributed by atoms with Crippen LogP contribution in [0.4, 0.5) is 0 Å². The normalized spacial score (nSPS) is 31.4. The van der Waals surface area contributed by atoms with Crippen molar-refractivity contribution in [2.45, 2.75) is 5.92 Å². The first-order chi connectivity index (χ1) is 11.2. The van der Waals surface area contributed by atoms with Crippen LogP contribution in [0, 0.1) is 11.3 Å². The molecule has 4 rings (SSSR count). The van der Waals surface area contributed by atoms with E-state index in [2.05, 4.69) is 18.2 Å². The van der Waals surface area contributed by atoms with Gasteiger partial charge in [-0.3, -0.25) is 0 Å². The smallest absolute Gasteiger partial charge is 0.334 e. The van der Waals surface area contributed by atoms with Gasteiger partial charge in [0.25, 0.3) is 0 Å². The van der Waals surface area contributed by atoms with Gasteiger partial charge in [-0.1, -0.05) is 36.4 Å². The molecule has 118 valence electrons. The van der Waals surface area contributed by atoms with Gasteiger partial charge in [-0.2, -0.15) is 0 Å². The molecule has 1 aliphatic heterocycles. The summed E-state index contributed by atoms with van der Waals surface area (Å²) in [4.78, 5) is 12.2. The number of hydrogen-bond donors (Lipinski definition) is 0. The Kier molecular flexibility index (Phi) is 3.08. The van der Waals surface area contributed by atoms with Crippen LogP contribution >= 0.6 is 0 Å². The number of carbonyl (C=O) groups is 1. The van der Waals surface area contributed by atoms with Crippen LogP contribution in [0.5, 0.6) is 0 Å². The summed E-state index contributed by atoms with van der Waals surface area (Å²) in [6, 6.07) is 10.2. The summed E-state index contributed by atoms with van der Waals surface area (Å²) in [7, 11) is 3.24. The van der Waals surface area contributed by atoms with Crippen molar-refractivity contribution >= 4 is 5.97 Å². The third-order valence-electron chi connectivity index (χ3n) is 5.08. The van der Waals surface area contributed by atoms with E-state index in [0.29, 0.717) is 18.1 Å². The number of methoxy groups -OCH3 is 2. The van der Waals surface area contributed by atoms with Gasteiger partial charge in [-0.25, -0.2) is 4.79 Å². The molecule has 1 saturated heterocycles. The van der Waals surface area contributed by atoms with Crippen molar-refractivity contribution < 1.29 is 19.0 Å². The molecular weight excluding hydrogens is 292 g/mol. The van der Waals surface area contributed by atoms with Gasteiger partial charge in [0.15, 0.2) is 11.5 Å². The SMILES string of the molecule is COC1=C[C@@H]2[C@@H](c3ccccc3)C=C3C(=O)OC[C@@]32C=C1OC. The van der Waals surface area contributed by atoms with Crippen LogP contribution < -0.4 is 0 Å². The van der Waals surface area contributed by atoms with Crippen molar-refractivity contribution in [2.24, 2.45) is 11.3 Å². The summed E-state index contributed by atoms with van der Waals surface area (Å²) in [5, 5.41) is 0. The molecule has 0 N–H and O–H groups in total. The maximum atomic E-state index is 12.2. The molecule has 0 bridgehead atoms. The lowest BCUT2D eigenvalue weighted by Gasteiger charge is -2.34. The molecule has 0 unspecified atom stereocenters. The molecule has 1 fully saturated rings. The van der Waals surface area contributed by atoms with Gasteiger partial charge in [-0.15, -0.1) is 0 Å². The Hall–Kier alpha value is -2.49. The topological polar surface area (TPSA) is 44.8 Å². The van der Waals surface area contributed by atoms with Crippen LogP contribution in [0.2, 0.25) is 0 Å². The van der Waals surface area contributed by atoms with Crippen LogP contribution in [0.25, 0.3) is 0 Å². The Morgan fingerprint density at radius 2 is 1.83 bits per heavy atom. The monoisotopic (exact) mass is 310 g/mol. The van der Waals surface area contributed by atoms with E-state index in [1.54, 1.807) is 14.2 Å². The zero-order chi connectivity index (χ0) is 16.0. The lowest BCUT2D eigenvalue weighted by Crippen LogP contribution is -2.32. The molecule has 1 heterocycles. The predicted molar refractivity (Wildman–Crippen MR) is 84.3 cm³/mol. The fourth-order valence-electron chi connectivity index (χ4n) is 3.96. The average molecular weight is 310 g/mol. The molecule has 3 aliphatic rings. The second-order valence-electron chi connectivity index (χ2n) is 6.11. The van der Waals surface area contributed by atoms with E-state index in [1.165, 1.54) is 5.56 Å². The molecule has 4 nitrogen and oxygen atoms in total. The quantitative estimate of drug-likeness (QED) is 0.805. The standard InChI is InChI=1S/C19H18O4/c1-21-16-9-14-13(12-6-4-3-5-7-12)8-15-18(20)23-11-19(14,15)10-17(16)22-2/h3-10,13-14H,11H2,1-2H3/t13-,14-,19-/m1/s1. The highest BCUT2D eigenvalue weighted by Gasteiger charge is 2.57. The number of cyclic esters (lactones) is 1. The maximum absolute atomic E-state index is 12.2. The van der Waals surface area contributed by atoms with Crippen LogP contribution in [0.15, 0.2) is 65.7 Å². The summed E-state index contributed by atoms with van der Waals surface area (Å²) in [6.45, 7) is 0.353. The van der Waals surface area contributed by atoms with E-state index in [9.17, 15) is 4.79 Å². The minimum absolute atomic E-state index is 0.0835. The Bertz CT molecular complexity index is 744. The molecule has 1 spiro atoms. The number of allylic oxidation sites excluding steroid dienone is 2. The van der Waals surface area contributed by atoms with E-state index >= 15 is 0 Å². The van der Waals surface area contributed by atoms with Crippen LogP contribution in [0.1, 0.15) is 11.5 Å². The molecule has 0 radical (unpaired) electrons. The van der Waals surface area contributed by atoms with E-state index in [-0.39, 0.29) is 17.8 Å². The van der Waals surface area contributed by atoms with E-state index in [4.69, 9.17) is 14.2 Å². The zero-order valence-corrected chi connectivity index (χ0v) is 13.1. The second kappa shape index (κ2) is 5.01. The first-order valence-electron chi connectivity index (χ1n) is 7.67. The average Bonchev–Trinajstić information content (AvgIpc) is 3.08. The third kappa shape index (κ3) is 1.87. The number of esters is 1.